The number of nitrogens with one attached hydrogen (secondary N) is 2. The van der Waals surface area contributed by atoms with Crippen molar-refractivity contribution in [3.05, 3.63) is 52.8 Å². The number of nitrogens with two attached hydrogens (primary N) is 2. The van der Waals surface area contributed by atoms with Crippen LogP contribution < -0.4 is 26.8 Å². The quantitative estimate of drug-likeness (QED) is 0.401. The van der Waals surface area contributed by atoms with Crippen molar-refractivity contribution in [2.75, 3.05) is 13.2 Å². The molecule has 0 fully saturated rings. The van der Waals surface area contributed by atoms with Crippen molar-refractivity contribution in [2.24, 2.45) is 11.5 Å². The molecule has 1 rings (SSSR count). The predicted molar refractivity (Wildman–Crippen MR) is 111 cm³/mol. The Morgan fingerprint density at radius 3 is 2.75 bits per heavy atom. The molecular weight excluding hydrogens is 409 g/mol. The maximum absolute atomic E-state index is 12.8. The molecule has 1 amide bonds. The summed E-state index contributed by atoms with van der Waals surface area (Å²) in [5.41, 5.74) is 9.81. The monoisotopic (exact) mass is 434 g/mol. The number of amides is 1. The van der Waals surface area contributed by atoms with Crippen LogP contribution in [0.2, 0.25) is 5.02 Å². The van der Waals surface area contributed by atoms with Crippen molar-refractivity contribution in [3.8, 4) is 5.75 Å². The van der Waals surface area contributed by atoms with Crippen molar-refractivity contribution in [1.29, 1.82) is 0 Å². The second-order valence-electron chi connectivity index (χ2n) is 5.96. The molecule has 1 aromatic carbocycles. The molecule has 2 unspecified atom stereocenters. The number of carbonyl (C=O) groups is 1. The maximum Gasteiger partial charge on any atom is 0.292 e. The maximum atomic E-state index is 12.8. The molecule has 0 aliphatic heterocycles. The van der Waals surface area contributed by atoms with Gasteiger partial charge in [0.1, 0.15) is 5.75 Å². The van der Waals surface area contributed by atoms with Gasteiger partial charge in [0.15, 0.2) is 6.61 Å². The first kappa shape index (κ1) is 24.1. The van der Waals surface area contributed by atoms with Gasteiger partial charge in [0.05, 0.1) is 11.4 Å². The molecule has 0 bridgehead atoms. The first-order chi connectivity index (χ1) is 13.2. The molecule has 6 N–H and O–H groups in total. The summed E-state index contributed by atoms with van der Waals surface area (Å²) in [5, 5.41) is 6.01. The highest BCUT2D eigenvalue weighted by Gasteiger charge is 2.22. The average Bonchev–Trinajstić information content (AvgIpc) is 2.59. The number of rotatable bonds is 11. The van der Waals surface area contributed by atoms with Crippen molar-refractivity contribution in [3.63, 3.8) is 0 Å². The smallest absolute Gasteiger partial charge is 0.292 e. The fourth-order valence-electron chi connectivity index (χ4n) is 2.20. The summed E-state index contributed by atoms with van der Waals surface area (Å²) in [4.78, 5) is 11.8. The van der Waals surface area contributed by atoms with Crippen molar-refractivity contribution < 1.29 is 18.3 Å². The number of hydrogen-bond acceptors (Lipinski definition) is 5. The molecule has 0 aliphatic rings. The van der Waals surface area contributed by atoms with E-state index in [4.69, 9.17) is 27.8 Å². The molecule has 0 heterocycles. The fraction of sp³-hybridized carbons (Fsp3) is 0.389. The molecular formula is C18H26ClF2N4O2P. The second kappa shape index (κ2) is 11.8. The van der Waals surface area contributed by atoms with Gasteiger partial charge in [-0.25, -0.2) is 0 Å². The lowest BCUT2D eigenvalue weighted by Crippen LogP contribution is -2.29. The Bertz CT molecular complexity index is 711. The number of halogens is 3. The summed E-state index contributed by atoms with van der Waals surface area (Å²) in [6, 6.07) is 4.33. The minimum absolute atomic E-state index is 0.128. The molecule has 6 nitrogen and oxygen atoms in total. The molecule has 0 spiro atoms. The van der Waals surface area contributed by atoms with Crippen LogP contribution in [0.1, 0.15) is 18.9 Å². The third-order valence-electron chi connectivity index (χ3n) is 3.50. The lowest BCUT2D eigenvalue weighted by molar-refractivity contribution is -0.120. The van der Waals surface area contributed by atoms with Crippen LogP contribution in [-0.4, -0.2) is 30.8 Å². The summed E-state index contributed by atoms with van der Waals surface area (Å²) in [5.74, 6) is 0.0296. The summed E-state index contributed by atoms with van der Waals surface area (Å²) in [6.07, 6.45) is 4.70. The summed E-state index contributed by atoms with van der Waals surface area (Å²) < 4.78 is 30.7. The predicted octanol–water partition coefficient (Wildman–Crippen LogP) is 2.49. The van der Waals surface area contributed by atoms with E-state index in [0.29, 0.717) is 18.7 Å². The van der Waals surface area contributed by atoms with E-state index in [9.17, 15) is 13.6 Å². The Labute approximate surface area is 170 Å². The Hall–Kier alpha value is -1.89. The second-order valence-corrected chi connectivity index (χ2v) is 7.21. The summed E-state index contributed by atoms with van der Waals surface area (Å²) in [7, 11) is 1.41. The molecule has 0 aromatic heterocycles. The van der Waals surface area contributed by atoms with E-state index in [-0.39, 0.29) is 23.1 Å². The molecule has 156 valence electrons. The topological polar surface area (TPSA) is 102 Å². The Morgan fingerprint density at radius 1 is 1.46 bits per heavy atom. The van der Waals surface area contributed by atoms with Gasteiger partial charge in [0.2, 0.25) is 5.91 Å². The van der Waals surface area contributed by atoms with Crippen LogP contribution in [0.15, 0.2) is 42.2 Å². The van der Waals surface area contributed by atoms with Gasteiger partial charge in [-0.3, -0.25) is 4.79 Å². The van der Waals surface area contributed by atoms with E-state index in [0.717, 1.165) is 5.56 Å². The summed E-state index contributed by atoms with van der Waals surface area (Å²) >= 11 is 6.08. The fourth-order valence-corrected chi connectivity index (χ4v) is 2.54. The molecule has 2 atom stereocenters. The first-order valence-electron chi connectivity index (χ1n) is 8.57. The third kappa shape index (κ3) is 9.35. The number of hydrogen-bond donors (Lipinski definition) is 4. The highest BCUT2D eigenvalue weighted by atomic mass is 35.5. The highest BCUT2D eigenvalue weighted by molar-refractivity contribution is 7.18. The van der Waals surface area contributed by atoms with E-state index in [1.54, 1.807) is 24.4 Å². The van der Waals surface area contributed by atoms with E-state index in [1.807, 2.05) is 6.92 Å². The van der Waals surface area contributed by atoms with Gasteiger partial charge in [-0.05, 0) is 48.7 Å². The third-order valence-corrected chi connectivity index (χ3v) is 3.96. The zero-order chi connectivity index (χ0) is 21.2. The van der Waals surface area contributed by atoms with Crippen LogP contribution in [0.3, 0.4) is 0 Å². The molecule has 0 saturated heterocycles. The highest BCUT2D eigenvalue weighted by Crippen LogP contribution is 2.29. The SMILES string of the molecule is CCNC(=O)C/C(=C/NCc1ccc(OCC(F)(F)P)c(Cl)c1)C(N)/C=C\N. The Balaban J connectivity index is 2.75. The van der Waals surface area contributed by atoms with Crippen LogP contribution in [0.4, 0.5) is 8.78 Å². The van der Waals surface area contributed by atoms with Crippen LogP contribution in [0.25, 0.3) is 0 Å². The van der Waals surface area contributed by atoms with Gasteiger partial charge in [0, 0.05) is 19.1 Å². The van der Waals surface area contributed by atoms with Crippen molar-refractivity contribution in [1.82, 2.24) is 10.6 Å². The van der Waals surface area contributed by atoms with Gasteiger partial charge in [-0.15, -0.1) is 0 Å². The van der Waals surface area contributed by atoms with Crippen LogP contribution in [-0.2, 0) is 11.3 Å². The summed E-state index contributed by atoms with van der Waals surface area (Å²) in [6.45, 7) is 1.96. The standard InChI is InChI=1S/C18H26ClF2N4O2P/c1-2-25-17(26)8-13(15(23)5-6-22)10-24-9-12-3-4-16(14(19)7-12)27-11-18(20,21)28/h3-7,10,15,24H,2,8-9,11,22-23,28H2,1H3,(H,25,26)/b6-5-,13-10-. The van der Waals surface area contributed by atoms with E-state index in [2.05, 4.69) is 10.6 Å². The van der Waals surface area contributed by atoms with Crippen molar-refractivity contribution >= 4 is 26.7 Å². The van der Waals surface area contributed by atoms with Crippen LogP contribution >= 0.6 is 20.8 Å². The lowest BCUT2D eigenvalue weighted by Gasteiger charge is -2.14. The van der Waals surface area contributed by atoms with Gasteiger partial charge >= 0.3 is 0 Å². The van der Waals surface area contributed by atoms with Gasteiger partial charge in [-0.1, -0.05) is 26.9 Å². The average molecular weight is 435 g/mol. The van der Waals surface area contributed by atoms with Crippen LogP contribution in [0.5, 0.6) is 5.75 Å². The molecule has 0 aliphatic carbocycles. The van der Waals surface area contributed by atoms with Gasteiger partial charge < -0.3 is 26.8 Å². The number of carbonyl (C=O) groups excluding carboxylic acids is 1. The van der Waals surface area contributed by atoms with Crippen molar-refractivity contribution in [2.45, 2.75) is 31.6 Å². The van der Waals surface area contributed by atoms with Gasteiger partial charge in [0.25, 0.3) is 5.66 Å². The zero-order valence-corrected chi connectivity index (χ0v) is 17.5. The van der Waals surface area contributed by atoms with Gasteiger partial charge in [-0.2, -0.15) is 8.78 Å². The number of ether oxygens (including phenoxy) is 1. The Morgan fingerprint density at radius 2 is 2.18 bits per heavy atom. The molecule has 28 heavy (non-hydrogen) atoms. The molecule has 0 saturated carbocycles. The number of alkyl halides is 2. The van der Waals surface area contributed by atoms with E-state index in [1.165, 1.54) is 21.5 Å². The minimum Gasteiger partial charge on any atom is -0.485 e. The zero-order valence-electron chi connectivity index (χ0n) is 15.6. The first-order valence-corrected chi connectivity index (χ1v) is 9.52. The van der Waals surface area contributed by atoms with E-state index >= 15 is 0 Å². The lowest BCUT2D eigenvalue weighted by atomic mass is 10.0. The van der Waals surface area contributed by atoms with Crippen LogP contribution in [0, 0.1) is 0 Å². The normalized spacial score (nSPS) is 13.4. The molecule has 1 aromatic rings. The Kier molecular flexibility index (Phi) is 10.2. The van der Waals surface area contributed by atoms with E-state index < -0.39 is 18.3 Å². The molecule has 0 radical (unpaired) electrons. The minimum atomic E-state index is -3.02. The largest absolute Gasteiger partial charge is 0.485 e. The number of benzene rings is 1. The molecule has 10 heteroatoms.